The zero-order chi connectivity index (χ0) is 17.1. The van der Waals surface area contributed by atoms with Crippen LogP contribution in [-0.4, -0.2) is 56.7 Å². The molecule has 1 aliphatic rings. The standard InChI is InChI=1S/C18H18N6O/c25-18(15-4-6-16(7-5-15)24-14-19-13-21-24)23-11-9-22(10-12-23)17-3-1-2-8-20-17/h1-8,13-14H,9-12H2. The molecule has 7 heteroatoms. The molecular formula is C18H18N6O. The topological polar surface area (TPSA) is 67.2 Å². The van der Waals surface area contributed by atoms with Crippen LogP contribution in [-0.2, 0) is 0 Å². The molecule has 3 heterocycles. The summed E-state index contributed by atoms with van der Waals surface area (Å²) in [4.78, 5) is 25.1. The van der Waals surface area contributed by atoms with E-state index in [2.05, 4.69) is 20.0 Å². The second-order valence-electron chi connectivity index (χ2n) is 5.85. The van der Waals surface area contributed by atoms with Crippen molar-refractivity contribution in [2.75, 3.05) is 31.1 Å². The Morgan fingerprint density at radius 1 is 0.960 bits per heavy atom. The molecule has 25 heavy (non-hydrogen) atoms. The number of carbonyl (C=O) groups excluding carboxylic acids is 1. The highest BCUT2D eigenvalue weighted by Crippen LogP contribution is 2.15. The molecule has 1 aromatic carbocycles. The second kappa shape index (κ2) is 6.72. The van der Waals surface area contributed by atoms with Crippen molar-refractivity contribution in [1.82, 2.24) is 24.6 Å². The number of pyridine rings is 1. The minimum Gasteiger partial charge on any atom is -0.353 e. The second-order valence-corrected chi connectivity index (χ2v) is 5.85. The predicted octanol–water partition coefficient (Wildman–Crippen LogP) is 1.62. The van der Waals surface area contributed by atoms with E-state index in [1.807, 2.05) is 47.4 Å². The van der Waals surface area contributed by atoms with Crippen molar-refractivity contribution >= 4 is 11.7 Å². The minimum absolute atomic E-state index is 0.0609. The lowest BCUT2D eigenvalue weighted by atomic mass is 10.1. The van der Waals surface area contributed by atoms with Gasteiger partial charge in [0, 0.05) is 37.9 Å². The van der Waals surface area contributed by atoms with Crippen LogP contribution < -0.4 is 4.90 Å². The maximum absolute atomic E-state index is 12.7. The van der Waals surface area contributed by atoms with Gasteiger partial charge < -0.3 is 9.80 Å². The van der Waals surface area contributed by atoms with E-state index in [4.69, 9.17) is 0 Å². The maximum Gasteiger partial charge on any atom is 0.253 e. The molecule has 126 valence electrons. The van der Waals surface area contributed by atoms with Crippen molar-refractivity contribution in [1.29, 1.82) is 0 Å². The lowest BCUT2D eigenvalue weighted by Crippen LogP contribution is -2.49. The van der Waals surface area contributed by atoms with Gasteiger partial charge in [-0.05, 0) is 36.4 Å². The number of hydrogen-bond acceptors (Lipinski definition) is 5. The number of rotatable bonds is 3. The van der Waals surface area contributed by atoms with E-state index in [0.717, 1.165) is 24.6 Å². The molecule has 0 atom stereocenters. The smallest absolute Gasteiger partial charge is 0.253 e. The molecule has 0 aliphatic carbocycles. The Kier molecular flexibility index (Phi) is 4.12. The molecule has 1 amide bonds. The molecule has 3 aromatic rings. The summed E-state index contributed by atoms with van der Waals surface area (Å²) in [6, 6.07) is 13.3. The molecule has 2 aromatic heterocycles. The number of hydrogen-bond donors (Lipinski definition) is 0. The van der Waals surface area contributed by atoms with E-state index in [1.165, 1.54) is 6.33 Å². The predicted molar refractivity (Wildman–Crippen MR) is 93.7 cm³/mol. The van der Waals surface area contributed by atoms with Crippen LogP contribution in [0, 0.1) is 0 Å². The van der Waals surface area contributed by atoms with Gasteiger partial charge in [0.2, 0.25) is 0 Å². The van der Waals surface area contributed by atoms with Crippen molar-refractivity contribution < 1.29 is 4.79 Å². The molecule has 0 saturated carbocycles. The summed E-state index contributed by atoms with van der Waals surface area (Å²) < 4.78 is 1.67. The molecule has 1 fully saturated rings. The monoisotopic (exact) mass is 334 g/mol. The van der Waals surface area contributed by atoms with Crippen molar-refractivity contribution in [2.24, 2.45) is 0 Å². The highest BCUT2D eigenvalue weighted by Gasteiger charge is 2.22. The molecule has 0 bridgehead atoms. The molecule has 0 radical (unpaired) electrons. The van der Waals surface area contributed by atoms with Gasteiger partial charge in [0.15, 0.2) is 0 Å². The summed E-state index contributed by atoms with van der Waals surface area (Å²) in [7, 11) is 0. The van der Waals surface area contributed by atoms with Gasteiger partial charge >= 0.3 is 0 Å². The van der Waals surface area contributed by atoms with Crippen LogP contribution in [0.25, 0.3) is 5.69 Å². The van der Waals surface area contributed by atoms with Crippen molar-refractivity contribution in [2.45, 2.75) is 0 Å². The first-order valence-corrected chi connectivity index (χ1v) is 8.21. The van der Waals surface area contributed by atoms with Gasteiger partial charge in [-0.2, -0.15) is 5.10 Å². The Morgan fingerprint density at radius 2 is 1.76 bits per heavy atom. The zero-order valence-electron chi connectivity index (χ0n) is 13.7. The fraction of sp³-hybridized carbons (Fsp3) is 0.222. The summed E-state index contributed by atoms with van der Waals surface area (Å²) in [5, 5.41) is 4.09. The average Bonchev–Trinajstić information content (AvgIpc) is 3.23. The molecular weight excluding hydrogens is 316 g/mol. The van der Waals surface area contributed by atoms with E-state index in [0.29, 0.717) is 18.7 Å². The first kappa shape index (κ1) is 15.3. The quantitative estimate of drug-likeness (QED) is 0.728. The summed E-state index contributed by atoms with van der Waals surface area (Å²) in [6.07, 6.45) is 4.91. The number of benzene rings is 1. The van der Waals surface area contributed by atoms with Crippen molar-refractivity contribution in [3.63, 3.8) is 0 Å². The van der Waals surface area contributed by atoms with Crippen molar-refractivity contribution in [3.8, 4) is 5.69 Å². The van der Waals surface area contributed by atoms with E-state index in [-0.39, 0.29) is 5.91 Å². The normalized spacial score (nSPS) is 14.6. The maximum atomic E-state index is 12.7. The highest BCUT2D eigenvalue weighted by atomic mass is 16.2. The Hall–Kier alpha value is -3.22. The molecule has 1 aliphatic heterocycles. The molecule has 4 rings (SSSR count). The summed E-state index contributed by atoms with van der Waals surface area (Å²) >= 11 is 0. The first-order valence-electron chi connectivity index (χ1n) is 8.21. The number of carbonyl (C=O) groups is 1. The Balaban J connectivity index is 1.40. The molecule has 7 nitrogen and oxygen atoms in total. The van der Waals surface area contributed by atoms with E-state index < -0.39 is 0 Å². The largest absolute Gasteiger partial charge is 0.353 e. The summed E-state index contributed by atoms with van der Waals surface area (Å²) in [6.45, 7) is 2.97. The van der Waals surface area contributed by atoms with Crippen LogP contribution >= 0.6 is 0 Å². The van der Waals surface area contributed by atoms with Crippen LogP contribution in [0.1, 0.15) is 10.4 Å². The third-order valence-electron chi connectivity index (χ3n) is 4.34. The Bertz CT molecular complexity index is 824. The van der Waals surface area contributed by atoms with Crippen LogP contribution in [0.3, 0.4) is 0 Å². The van der Waals surface area contributed by atoms with Gasteiger partial charge in [-0.15, -0.1) is 0 Å². The molecule has 1 saturated heterocycles. The van der Waals surface area contributed by atoms with E-state index in [1.54, 1.807) is 17.2 Å². The number of amides is 1. The molecule has 0 spiro atoms. The number of anilines is 1. The molecule has 0 unspecified atom stereocenters. The van der Waals surface area contributed by atoms with E-state index in [9.17, 15) is 4.79 Å². The van der Waals surface area contributed by atoms with Crippen molar-refractivity contribution in [3.05, 3.63) is 66.9 Å². The number of aromatic nitrogens is 4. The van der Waals surface area contributed by atoms with Crippen LogP contribution in [0.5, 0.6) is 0 Å². The van der Waals surface area contributed by atoms with Gasteiger partial charge in [0.05, 0.1) is 5.69 Å². The summed E-state index contributed by atoms with van der Waals surface area (Å²) in [5.74, 6) is 1.03. The lowest BCUT2D eigenvalue weighted by Gasteiger charge is -2.35. The Labute approximate surface area is 145 Å². The summed E-state index contributed by atoms with van der Waals surface area (Å²) in [5.41, 5.74) is 1.57. The number of nitrogens with zero attached hydrogens (tertiary/aromatic N) is 6. The first-order chi connectivity index (χ1) is 12.3. The van der Waals surface area contributed by atoms with Crippen LogP contribution in [0.4, 0.5) is 5.82 Å². The van der Waals surface area contributed by atoms with E-state index >= 15 is 0 Å². The van der Waals surface area contributed by atoms with Gasteiger partial charge in [0.1, 0.15) is 18.5 Å². The SMILES string of the molecule is O=C(c1ccc(-n2cncn2)cc1)N1CCN(c2ccccn2)CC1. The average molecular weight is 334 g/mol. The zero-order valence-corrected chi connectivity index (χ0v) is 13.7. The third kappa shape index (κ3) is 3.21. The fourth-order valence-corrected chi connectivity index (χ4v) is 2.96. The fourth-order valence-electron chi connectivity index (χ4n) is 2.96. The van der Waals surface area contributed by atoms with Crippen LogP contribution in [0.15, 0.2) is 61.3 Å². The van der Waals surface area contributed by atoms with Crippen LogP contribution in [0.2, 0.25) is 0 Å². The minimum atomic E-state index is 0.0609. The van der Waals surface area contributed by atoms with Gasteiger partial charge in [-0.3, -0.25) is 4.79 Å². The Morgan fingerprint density at radius 3 is 2.40 bits per heavy atom. The van der Waals surface area contributed by atoms with Gasteiger partial charge in [-0.1, -0.05) is 6.07 Å². The number of piperazine rings is 1. The lowest BCUT2D eigenvalue weighted by molar-refractivity contribution is 0.0746. The third-order valence-corrected chi connectivity index (χ3v) is 4.34. The van der Waals surface area contributed by atoms with Gasteiger partial charge in [-0.25, -0.2) is 14.6 Å². The van der Waals surface area contributed by atoms with Gasteiger partial charge in [0.25, 0.3) is 5.91 Å². The highest BCUT2D eigenvalue weighted by molar-refractivity contribution is 5.94. The molecule has 0 N–H and O–H groups in total.